The van der Waals surface area contributed by atoms with Gasteiger partial charge in [-0.05, 0) is 55.4 Å². The number of hydrogen-bond donors (Lipinski definition) is 0. The Bertz CT molecular complexity index is 1120. The third kappa shape index (κ3) is 6.40. The van der Waals surface area contributed by atoms with Gasteiger partial charge in [-0.1, -0.05) is 72.8 Å². The fourth-order valence-electron chi connectivity index (χ4n) is 4.12. The van der Waals surface area contributed by atoms with Crippen molar-refractivity contribution < 1.29 is 22.3 Å². The Morgan fingerprint density at radius 3 is 1.77 bits per heavy atom. The van der Waals surface area contributed by atoms with E-state index in [2.05, 4.69) is 6.07 Å². The van der Waals surface area contributed by atoms with Crippen molar-refractivity contribution >= 4 is 8.32 Å². The normalized spacial score (nSPS) is 15.6. The second-order valence-corrected chi connectivity index (χ2v) is 14.0. The lowest BCUT2D eigenvalue weighted by Crippen LogP contribution is -2.52. The highest BCUT2D eigenvalue weighted by atomic mass is 28.4. The van der Waals surface area contributed by atoms with Gasteiger partial charge in [0.1, 0.15) is 5.41 Å². The fraction of sp³-hybridized carbons (Fsp3) is 0.321. The average molecular weight is 498 g/mol. The molecule has 0 amide bonds. The Kier molecular flexibility index (Phi) is 8.21. The molecular weight excluding hydrogens is 467 g/mol. The van der Waals surface area contributed by atoms with Gasteiger partial charge in [0, 0.05) is 0 Å². The van der Waals surface area contributed by atoms with Crippen molar-refractivity contribution in [3.8, 4) is 6.07 Å². The summed E-state index contributed by atoms with van der Waals surface area (Å²) in [7, 11) is -2.24. The van der Waals surface area contributed by atoms with Crippen molar-refractivity contribution in [2.24, 2.45) is 0 Å². The number of ether oxygens (including phenoxy) is 1. The van der Waals surface area contributed by atoms with Gasteiger partial charge in [-0.2, -0.15) is 18.4 Å². The first kappa shape index (κ1) is 26.7. The molecular formula is C28H30F3NO2Si. The monoisotopic (exact) mass is 497 g/mol. The van der Waals surface area contributed by atoms with E-state index in [9.17, 15) is 18.4 Å². The molecule has 0 radical (unpaired) electrons. The molecule has 3 nitrogen and oxygen atoms in total. The molecule has 0 bridgehead atoms. The minimum absolute atomic E-state index is 0.316. The molecule has 35 heavy (non-hydrogen) atoms. The van der Waals surface area contributed by atoms with Crippen LogP contribution in [-0.2, 0) is 27.4 Å². The van der Waals surface area contributed by atoms with E-state index in [0.717, 1.165) is 17.7 Å². The quantitative estimate of drug-likeness (QED) is 0.291. The average Bonchev–Trinajstić information content (AvgIpc) is 2.83. The summed E-state index contributed by atoms with van der Waals surface area (Å²) in [6.07, 6.45) is -5.77. The molecule has 0 aliphatic carbocycles. The zero-order chi connectivity index (χ0) is 25.7. The molecule has 0 aromatic heterocycles. The van der Waals surface area contributed by atoms with Crippen LogP contribution in [0.2, 0.25) is 19.6 Å². The Morgan fingerprint density at radius 1 is 0.800 bits per heavy atom. The number of benzene rings is 3. The molecule has 7 heteroatoms. The summed E-state index contributed by atoms with van der Waals surface area (Å²) in [5.41, 5.74) is -0.111. The lowest BCUT2D eigenvalue weighted by Gasteiger charge is -2.42. The lowest BCUT2D eigenvalue weighted by atomic mass is 9.70. The van der Waals surface area contributed by atoms with Crippen LogP contribution in [0.25, 0.3) is 0 Å². The molecule has 0 saturated heterocycles. The molecule has 0 unspecified atom stereocenters. The highest BCUT2D eigenvalue weighted by Gasteiger charge is 2.48. The van der Waals surface area contributed by atoms with Gasteiger partial charge in [-0.3, -0.25) is 0 Å². The highest BCUT2D eigenvalue weighted by molar-refractivity contribution is 6.69. The van der Waals surface area contributed by atoms with E-state index >= 15 is 0 Å². The van der Waals surface area contributed by atoms with E-state index in [1.54, 1.807) is 0 Å². The third-order valence-electron chi connectivity index (χ3n) is 5.76. The van der Waals surface area contributed by atoms with Crippen LogP contribution in [0, 0.1) is 11.3 Å². The van der Waals surface area contributed by atoms with Crippen molar-refractivity contribution in [1.82, 2.24) is 0 Å². The molecule has 3 aromatic carbocycles. The summed E-state index contributed by atoms with van der Waals surface area (Å²) in [5.74, 6) is 0. The van der Waals surface area contributed by atoms with Gasteiger partial charge in [-0.15, -0.1) is 0 Å². The number of halogens is 3. The molecule has 0 spiro atoms. The number of hydrogen-bond acceptors (Lipinski definition) is 3. The summed E-state index contributed by atoms with van der Waals surface area (Å²) in [5, 5.41) is 10.7. The van der Waals surface area contributed by atoms with Crippen molar-refractivity contribution in [2.75, 3.05) is 0 Å². The van der Waals surface area contributed by atoms with Gasteiger partial charge in [-0.25, -0.2) is 0 Å². The van der Waals surface area contributed by atoms with Crippen molar-refractivity contribution in [1.29, 1.82) is 5.26 Å². The molecule has 184 valence electrons. The molecule has 3 atom stereocenters. The van der Waals surface area contributed by atoms with Crippen LogP contribution in [0.1, 0.15) is 29.2 Å². The topological polar surface area (TPSA) is 42.2 Å². The Balaban J connectivity index is 2.13. The first-order valence-corrected chi connectivity index (χ1v) is 14.9. The molecule has 0 heterocycles. The van der Waals surface area contributed by atoms with Gasteiger partial charge >= 0.3 is 6.18 Å². The van der Waals surface area contributed by atoms with E-state index in [1.807, 2.05) is 87.2 Å². The number of rotatable bonds is 9. The van der Waals surface area contributed by atoms with Gasteiger partial charge < -0.3 is 9.16 Å². The summed E-state index contributed by atoms with van der Waals surface area (Å²) >= 11 is 0. The summed E-state index contributed by atoms with van der Waals surface area (Å²) in [4.78, 5) is 0. The van der Waals surface area contributed by atoms with E-state index in [1.165, 1.54) is 12.1 Å². The molecule has 3 aromatic rings. The molecule has 3 rings (SSSR count). The molecule has 0 fully saturated rings. The van der Waals surface area contributed by atoms with E-state index in [4.69, 9.17) is 9.16 Å². The number of nitrogens with zero attached hydrogens (tertiary/aromatic N) is 1. The second-order valence-electron chi connectivity index (χ2n) is 9.51. The molecule has 0 aliphatic heterocycles. The van der Waals surface area contributed by atoms with E-state index in [-0.39, 0.29) is 0 Å². The molecule has 0 saturated carbocycles. The van der Waals surface area contributed by atoms with Crippen molar-refractivity contribution in [3.05, 3.63) is 107 Å². The predicted molar refractivity (Wildman–Crippen MR) is 133 cm³/mol. The van der Waals surface area contributed by atoms with Crippen LogP contribution in [0.15, 0.2) is 84.9 Å². The fourth-order valence-corrected chi connectivity index (χ4v) is 5.25. The largest absolute Gasteiger partial charge is 0.416 e. The van der Waals surface area contributed by atoms with E-state index < -0.39 is 37.7 Å². The van der Waals surface area contributed by atoms with Gasteiger partial charge in [0.2, 0.25) is 0 Å². The smallest absolute Gasteiger partial charge is 0.410 e. The Morgan fingerprint density at radius 2 is 1.29 bits per heavy atom. The predicted octanol–water partition coefficient (Wildman–Crippen LogP) is 7.34. The van der Waals surface area contributed by atoms with Crippen molar-refractivity contribution in [2.45, 2.75) is 57.0 Å². The lowest BCUT2D eigenvalue weighted by molar-refractivity contribution is -0.137. The maximum atomic E-state index is 13.3. The van der Waals surface area contributed by atoms with Crippen LogP contribution in [-0.4, -0.2) is 20.5 Å². The standard InChI is InChI=1S/C28H30F3NO2Si/c1-21(33-19-22-11-7-5-8-12-22)26(34-35(2,3)4)27(20-32,23-13-9-6-10-14-23)24-15-17-25(18-16-24)28(29,30)31/h5-18,21,26H,19H2,1-4H3/t21-,26+,27+/m0/s1. The van der Waals surface area contributed by atoms with Gasteiger partial charge in [0.05, 0.1) is 30.4 Å². The zero-order valence-corrected chi connectivity index (χ0v) is 21.3. The Labute approximate surface area is 206 Å². The summed E-state index contributed by atoms with van der Waals surface area (Å²) in [6.45, 7) is 8.22. The minimum Gasteiger partial charge on any atom is -0.410 e. The van der Waals surface area contributed by atoms with Crippen LogP contribution >= 0.6 is 0 Å². The maximum Gasteiger partial charge on any atom is 0.416 e. The number of alkyl halides is 3. The Hall–Kier alpha value is -2.92. The molecule has 0 aliphatic rings. The van der Waals surface area contributed by atoms with Gasteiger partial charge in [0.25, 0.3) is 0 Å². The number of nitriles is 1. The van der Waals surface area contributed by atoms with Crippen LogP contribution in [0.5, 0.6) is 0 Å². The molecule has 0 N–H and O–H groups in total. The summed E-state index contributed by atoms with van der Waals surface area (Å²) in [6, 6.07) is 26.0. The SMILES string of the molecule is C[C@H](OCc1ccccc1)[C@@H](O[Si](C)(C)C)[C@](C#N)(c1ccccc1)c1ccc(C(F)(F)F)cc1. The first-order chi connectivity index (χ1) is 16.5. The minimum atomic E-state index is -4.47. The maximum absolute atomic E-state index is 13.3. The summed E-state index contributed by atoms with van der Waals surface area (Å²) < 4.78 is 52.7. The van der Waals surface area contributed by atoms with Crippen molar-refractivity contribution in [3.63, 3.8) is 0 Å². The zero-order valence-electron chi connectivity index (χ0n) is 20.3. The van der Waals surface area contributed by atoms with Gasteiger partial charge in [0.15, 0.2) is 8.32 Å². The third-order valence-corrected chi connectivity index (χ3v) is 6.72. The first-order valence-electron chi connectivity index (χ1n) is 11.5. The van der Waals surface area contributed by atoms with E-state index in [0.29, 0.717) is 17.7 Å². The van der Waals surface area contributed by atoms with Crippen LogP contribution in [0.4, 0.5) is 13.2 Å². The van der Waals surface area contributed by atoms with Crippen LogP contribution < -0.4 is 0 Å². The highest BCUT2D eigenvalue weighted by Crippen LogP contribution is 2.41. The second kappa shape index (κ2) is 10.8. The van der Waals surface area contributed by atoms with Crippen LogP contribution in [0.3, 0.4) is 0 Å².